The predicted molar refractivity (Wildman–Crippen MR) is 102 cm³/mol. The molecule has 1 heterocycles. The van der Waals surface area contributed by atoms with Crippen molar-refractivity contribution in [2.75, 3.05) is 4.90 Å². The summed E-state index contributed by atoms with van der Waals surface area (Å²) in [5.41, 5.74) is 1.03. The fourth-order valence-corrected chi connectivity index (χ4v) is 3.40. The summed E-state index contributed by atoms with van der Waals surface area (Å²) in [7, 11) is 0. The normalized spacial score (nSPS) is 17.1. The van der Waals surface area contributed by atoms with Crippen LogP contribution in [0.2, 0.25) is 5.02 Å². The lowest BCUT2D eigenvalue weighted by Gasteiger charge is -2.27. The molecule has 0 radical (unpaired) electrons. The van der Waals surface area contributed by atoms with Crippen LogP contribution in [0.4, 0.5) is 10.1 Å². The van der Waals surface area contributed by atoms with Crippen LogP contribution in [0.3, 0.4) is 0 Å². The maximum atomic E-state index is 13.6. The zero-order valence-electron chi connectivity index (χ0n) is 14.9. The minimum atomic E-state index is -0.800. The Bertz CT molecular complexity index is 924. The van der Waals surface area contributed by atoms with Crippen molar-refractivity contribution in [3.63, 3.8) is 0 Å². The number of ketones is 1. The minimum absolute atomic E-state index is 0.0559. The average Bonchev–Trinajstić information content (AvgIpc) is 2.89. The third kappa shape index (κ3) is 3.60. The fourth-order valence-electron chi connectivity index (χ4n) is 3.22. The average molecular weight is 388 g/mol. The Labute approximate surface area is 161 Å². The Balaban J connectivity index is 2.14. The van der Waals surface area contributed by atoms with Crippen molar-refractivity contribution in [2.24, 2.45) is 5.92 Å². The fraction of sp³-hybridized carbons (Fsp3) is 0.238. The molecule has 140 valence electrons. The zero-order valence-corrected chi connectivity index (χ0v) is 15.7. The Morgan fingerprint density at radius 2 is 1.89 bits per heavy atom. The highest BCUT2D eigenvalue weighted by Gasteiger charge is 2.44. The van der Waals surface area contributed by atoms with Crippen LogP contribution in [0.15, 0.2) is 59.9 Å². The number of rotatable bonds is 5. The molecule has 0 spiro atoms. The van der Waals surface area contributed by atoms with Crippen molar-refractivity contribution in [2.45, 2.75) is 26.3 Å². The van der Waals surface area contributed by atoms with E-state index in [2.05, 4.69) is 0 Å². The number of carbonyl (C=O) groups is 2. The second kappa shape index (κ2) is 7.53. The van der Waals surface area contributed by atoms with Crippen molar-refractivity contribution in [3.05, 3.63) is 76.3 Å². The number of carbonyl (C=O) groups excluding carboxylic acids is 2. The Hall–Kier alpha value is -2.66. The summed E-state index contributed by atoms with van der Waals surface area (Å²) < 4.78 is 13.6. The van der Waals surface area contributed by atoms with Gasteiger partial charge in [-0.25, -0.2) is 4.39 Å². The number of amides is 1. The molecule has 1 amide bonds. The molecule has 0 aromatic heterocycles. The summed E-state index contributed by atoms with van der Waals surface area (Å²) in [6.45, 7) is 3.78. The molecular weight excluding hydrogens is 369 g/mol. The molecule has 0 saturated carbocycles. The summed E-state index contributed by atoms with van der Waals surface area (Å²) in [4.78, 5) is 26.9. The molecule has 3 rings (SSSR count). The molecule has 1 N–H and O–H groups in total. The second-order valence-electron chi connectivity index (χ2n) is 6.87. The first-order chi connectivity index (χ1) is 12.8. The molecule has 0 aliphatic carbocycles. The molecule has 2 aromatic carbocycles. The van der Waals surface area contributed by atoms with Gasteiger partial charge in [-0.05, 0) is 29.7 Å². The van der Waals surface area contributed by atoms with Crippen molar-refractivity contribution < 1.29 is 19.1 Å². The van der Waals surface area contributed by atoms with Crippen LogP contribution in [0.1, 0.15) is 31.9 Å². The lowest BCUT2D eigenvalue weighted by atomic mass is 9.92. The Morgan fingerprint density at radius 1 is 1.22 bits per heavy atom. The topological polar surface area (TPSA) is 57.6 Å². The number of benzene rings is 2. The van der Waals surface area contributed by atoms with Crippen LogP contribution in [-0.4, -0.2) is 16.8 Å². The molecule has 1 atom stereocenters. The smallest absolute Gasteiger partial charge is 0.294 e. The Morgan fingerprint density at radius 3 is 2.48 bits per heavy atom. The molecule has 1 aliphatic heterocycles. The highest BCUT2D eigenvalue weighted by molar-refractivity contribution is 6.31. The van der Waals surface area contributed by atoms with Crippen molar-refractivity contribution in [3.8, 4) is 0 Å². The first kappa shape index (κ1) is 19.1. The SMILES string of the molecule is CC(C)CC(=O)C1=C(O)C(=O)N(c2ccc(F)c(Cl)c2)C1c1ccccc1. The largest absolute Gasteiger partial charge is 0.503 e. The summed E-state index contributed by atoms with van der Waals surface area (Å²) in [6.07, 6.45) is 0.202. The molecule has 1 unspecified atom stereocenters. The van der Waals surface area contributed by atoms with Gasteiger partial charge < -0.3 is 5.11 Å². The van der Waals surface area contributed by atoms with Crippen LogP contribution in [0, 0.1) is 11.7 Å². The van der Waals surface area contributed by atoms with Gasteiger partial charge in [-0.1, -0.05) is 55.8 Å². The molecule has 2 aromatic rings. The lowest BCUT2D eigenvalue weighted by Crippen LogP contribution is -2.31. The number of nitrogens with zero attached hydrogens (tertiary/aromatic N) is 1. The van der Waals surface area contributed by atoms with E-state index in [1.807, 2.05) is 19.9 Å². The first-order valence-corrected chi connectivity index (χ1v) is 8.99. The Kier molecular flexibility index (Phi) is 5.33. The number of hydrogen-bond donors (Lipinski definition) is 1. The molecule has 0 bridgehead atoms. The summed E-state index contributed by atoms with van der Waals surface area (Å²) in [6, 6.07) is 12.0. The quantitative estimate of drug-likeness (QED) is 0.785. The number of halogens is 2. The van der Waals surface area contributed by atoms with Crippen LogP contribution >= 0.6 is 11.6 Å². The van der Waals surface area contributed by atoms with E-state index in [0.29, 0.717) is 11.3 Å². The van der Waals surface area contributed by atoms with Crippen LogP contribution < -0.4 is 4.90 Å². The van der Waals surface area contributed by atoms with Gasteiger partial charge in [0.1, 0.15) is 5.82 Å². The van der Waals surface area contributed by atoms with Crippen LogP contribution in [-0.2, 0) is 9.59 Å². The van der Waals surface area contributed by atoms with Gasteiger partial charge in [-0.15, -0.1) is 0 Å². The van der Waals surface area contributed by atoms with Gasteiger partial charge in [-0.3, -0.25) is 14.5 Å². The van der Waals surface area contributed by atoms with E-state index in [0.717, 1.165) is 6.07 Å². The summed E-state index contributed by atoms with van der Waals surface area (Å²) in [5.74, 6) is -2.12. The van der Waals surface area contributed by atoms with Gasteiger partial charge in [0.25, 0.3) is 5.91 Å². The summed E-state index contributed by atoms with van der Waals surface area (Å²) in [5, 5.41) is 10.3. The maximum absolute atomic E-state index is 13.6. The van der Waals surface area contributed by atoms with Crippen LogP contribution in [0.25, 0.3) is 0 Å². The van der Waals surface area contributed by atoms with E-state index in [1.165, 1.54) is 17.0 Å². The lowest BCUT2D eigenvalue weighted by molar-refractivity contribution is -0.118. The second-order valence-corrected chi connectivity index (χ2v) is 7.28. The molecule has 27 heavy (non-hydrogen) atoms. The molecular formula is C21H19ClFNO3. The molecule has 6 heteroatoms. The van der Waals surface area contributed by atoms with Gasteiger partial charge in [0.15, 0.2) is 11.5 Å². The number of Topliss-reactive ketones (excluding diaryl/α,β-unsaturated/α-hetero) is 1. The molecule has 0 fully saturated rings. The van der Waals surface area contributed by atoms with Gasteiger partial charge in [0.2, 0.25) is 0 Å². The minimum Gasteiger partial charge on any atom is -0.503 e. The number of aliphatic hydroxyl groups is 1. The third-order valence-electron chi connectivity index (χ3n) is 4.40. The van der Waals surface area contributed by atoms with E-state index in [9.17, 15) is 19.1 Å². The van der Waals surface area contributed by atoms with Gasteiger partial charge in [-0.2, -0.15) is 0 Å². The van der Waals surface area contributed by atoms with Gasteiger partial charge in [0, 0.05) is 12.1 Å². The van der Waals surface area contributed by atoms with Gasteiger partial charge >= 0.3 is 0 Å². The number of anilines is 1. The third-order valence-corrected chi connectivity index (χ3v) is 4.69. The molecule has 4 nitrogen and oxygen atoms in total. The van der Waals surface area contributed by atoms with Crippen molar-refractivity contribution in [1.82, 2.24) is 0 Å². The van der Waals surface area contributed by atoms with Crippen LogP contribution in [0.5, 0.6) is 0 Å². The summed E-state index contributed by atoms with van der Waals surface area (Å²) >= 11 is 5.88. The van der Waals surface area contributed by atoms with E-state index < -0.39 is 23.5 Å². The van der Waals surface area contributed by atoms with Crippen molar-refractivity contribution >= 4 is 29.0 Å². The van der Waals surface area contributed by atoms with E-state index in [4.69, 9.17) is 11.6 Å². The highest BCUT2D eigenvalue weighted by Crippen LogP contribution is 2.42. The van der Waals surface area contributed by atoms with Crippen molar-refractivity contribution in [1.29, 1.82) is 0 Å². The first-order valence-electron chi connectivity index (χ1n) is 8.61. The maximum Gasteiger partial charge on any atom is 0.294 e. The zero-order chi connectivity index (χ0) is 19.7. The highest BCUT2D eigenvalue weighted by atomic mass is 35.5. The number of hydrogen-bond acceptors (Lipinski definition) is 3. The molecule has 1 aliphatic rings. The van der Waals surface area contributed by atoms with Gasteiger partial charge in [0.05, 0.1) is 16.6 Å². The van der Waals surface area contributed by atoms with E-state index in [1.54, 1.807) is 24.3 Å². The van der Waals surface area contributed by atoms with E-state index >= 15 is 0 Å². The predicted octanol–water partition coefficient (Wildman–Crippen LogP) is 4.99. The number of aliphatic hydroxyl groups excluding tert-OH is 1. The standard InChI is InChI=1S/C21H19ClFNO3/c1-12(2)10-17(25)18-19(13-6-4-3-5-7-13)24(21(27)20(18)26)14-8-9-16(23)15(22)11-14/h3-9,11-12,19,26H,10H2,1-2H3. The van der Waals surface area contributed by atoms with E-state index in [-0.39, 0.29) is 28.7 Å². The monoisotopic (exact) mass is 387 g/mol. The molecule has 0 saturated heterocycles.